The van der Waals surface area contributed by atoms with Crippen molar-refractivity contribution in [2.24, 2.45) is 5.73 Å². The number of ether oxygens (including phenoxy) is 1. The highest BCUT2D eigenvalue weighted by atomic mass is 35.5. The third kappa shape index (κ3) is 5.58. The van der Waals surface area contributed by atoms with Crippen LogP contribution >= 0.6 is 12.4 Å². The normalized spacial score (nSPS) is 11.3. The van der Waals surface area contributed by atoms with Crippen molar-refractivity contribution in [3.63, 3.8) is 0 Å². The van der Waals surface area contributed by atoms with Gasteiger partial charge in [0.15, 0.2) is 0 Å². The maximum Gasteiger partial charge on any atom is 0.241 e. The summed E-state index contributed by atoms with van der Waals surface area (Å²) in [4.78, 5) is 12.1. The van der Waals surface area contributed by atoms with Crippen LogP contribution in [0.4, 0.5) is 0 Å². The smallest absolute Gasteiger partial charge is 0.241 e. The van der Waals surface area contributed by atoms with Gasteiger partial charge in [-0.2, -0.15) is 0 Å². The molecule has 3 N–H and O–H groups in total. The Labute approximate surface area is 143 Å². The summed E-state index contributed by atoms with van der Waals surface area (Å²) >= 11 is 0. The Morgan fingerprint density at radius 1 is 1.13 bits per heavy atom. The summed E-state index contributed by atoms with van der Waals surface area (Å²) in [5.41, 5.74) is 9.10. The Bertz CT molecular complexity index is 612. The Hall–Kier alpha value is -2.04. The van der Waals surface area contributed by atoms with Crippen molar-refractivity contribution in [1.82, 2.24) is 5.32 Å². The van der Waals surface area contributed by atoms with Gasteiger partial charge < -0.3 is 15.8 Å². The average Bonchev–Trinajstić information content (AvgIpc) is 2.55. The number of nitrogens with one attached hydrogen (secondary N) is 1. The van der Waals surface area contributed by atoms with Gasteiger partial charge in [0.1, 0.15) is 11.8 Å². The highest BCUT2D eigenvalue weighted by Crippen LogP contribution is 2.13. The maximum atomic E-state index is 12.1. The second-order valence-electron chi connectivity index (χ2n) is 5.28. The van der Waals surface area contributed by atoms with Crippen LogP contribution in [-0.2, 0) is 11.2 Å². The van der Waals surface area contributed by atoms with E-state index in [0.717, 1.165) is 28.9 Å². The van der Waals surface area contributed by atoms with E-state index in [1.165, 1.54) is 0 Å². The molecule has 0 aliphatic rings. The van der Waals surface area contributed by atoms with Crippen LogP contribution in [0.25, 0.3) is 0 Å². The highest BCUT2D eigenvalue weighted by Gasteiger charge is 2.14. The third-order valence-electron chi connectivity index (χ3n) is 3.59. The number of methoxy groups -OCH3 is 1. The molecule has 2 aromatic carbocycles. The molecule has 23 heavy (non-hydrogen) atoms. The van der Waals surface area contributed by atoms with Gasteiger partial charge in [-0.05, 0) is 36.6 Å². The molecule has 124 valence electrons. The molecular formula is C18H23ClN2O2. The molecule has 1 unspecified atom stereocenters. The van der Waals surface area contributed by atoms with Crippen molar-refractivity contribution in [1.29, 1.82) is 0 Å². The van der Waals surface area contributed by atoms with E-state index in [9.17, 15) is 4.79 Å². The predicted molar refractivity (Wildman–Crippen MR) is 95.1 cm³/mol. The molecule has 4 nitrogen and oxygen atoms in total. The van der Waals surface area contributed by atoms with Crippen molar-refractivity contribution < 1.29 is 9.53 Å². The zero-order valence-electron chi connectivity index (χ0n) is 13.4. The lowest BCUT2D eigenvalue weighted by molar-refractivity contribution is -0.122. The minimum absolute atomic E-state index is 0. The van der Waals surface area contributed by atoms with Crippen molar-refractivity contribution in [2.45, 2.75) is 19.4 Å². The first-order chi connectivity index (χ1) is 10.6. The molecule has 0 aliphatic carbocycles. The van der Waals surface area contributed by atoms with E-state index in [2.05, 4.69) is 5.32 Å². The van der Waals surface area contributed by atoms with Gasteiger partial charge in [0.2, 0.25) is 5.91 Å². The van der Waals surface area contributed by atoms with Gasteiger partial charge in [-0.15, -0.1) is 12.4 Å². The predicted octanol–water partition coefficient (Wildman–Crippen LogP) is 2.78. The molecule has 0 spiro atoms. The number of nitrogens with two attached hydrogens (primary N) is 1. The van der Waals surface area contributed by atoms with E-state index in [-0.39, 0.29) is 18.3 Å². The molecular weight excluding hydrogens is 312 g/mol. The van der Waals surface area contributed by atoms with E-state index in [1.807, 2.05) is 55.5 Å². The van der Waals surface area contributed by atoms with Crippen LogP contribution in [0.1, 0.15) is 22.7 Å². The number of hydrogen-bond acceptors (Lipinski definition) is 3. The summed E-state index contributed by atoms with van der Waals surface area (Å²) in [5, 5.41) is 2.88. The Kier molecular flexibility index (Phi) is 7.59. The minimum Gasteiger partial charge on any atom is -0.497 e. The summed E-state index contributed by atoms with van der Waals surface area (Å²) in [6.45, 7) is 2.56. The molecule has 0 saturated heterocycles. The number of halogens is 1. The number of carbonyl (C=O) groups excluding carboxylic acids is 1. The number of carbonyl (C=O) groups is 1. The molecule has 1 atom stereocenters. The standard InChI is InChI=1S/C18H22N2O2.ClH/c1-13-3-7-15(8-4-13)17(19)18(21)20-12-11-14-5-9-16(22-2)10-6-14;/h3-10,17H,11-12,19H2,1-2H3,(H,20,21);1H. The van der Waals surface area contributed by atoms with Crippen molar-refractivity contribution in [3.05, 3.63) is 65.2 Å². The summed E-state index contributed by atoms with van der Waals surface area (Å²) in [5.74, 6) is 0.673. The van der Waals surface area contributed by atoms with Crippen LogP contribution in [0.3, 0.4) is 0 Å². The van der Waals surface area contributed by atoms with Gasteiger partial charge in [0, 0.05) is 6.54 Å². The molecule has 2 rings (SSSR count). The Morgan fingerprint density at radius 3 is 2.30 bits per heavy atom. The van der Waals surface area contributed by atoms with Crippen LogP contribution in [-0.4, -0.2) is 19.6 Å². The molecule has 0 radical (unpaired) electrons. The maximum absolute atomic E-state index is 12.1. The second kappa shape index (κ2) is 9.18. The molecule has 0 fully saturated rings. The lowest BCUT2D eigenvalue weighted by Crippen LogP contribution is -2.35. The lowest BCUT2D eigenvalue weighted by atomic mass is 10.1. The number of hydrogen-bond donors (Lipinski definition) is 2. The summed E-state index contributed by atoms with van der Waals surface area (Å²) in [6.07, 6.45) is 0.760. The average molecular weight is 335 g/mol. The molecule has 0 saturated carbocycles. The van der Waals surface area contributed by atoms with E-state index in [1.54, 1.807) is 7.11 Å². The van der Waals surface area contributed by atoms with Gasteiger partial charge in [-0.3, -0.25) is 4.79 Å². The van der Waals surface area contributed by atoms with E-state index < -0.39 is 6.04 Å². The first-order valence-corrected chi connectivity index (χ1v) is 7.33. The number of rotatable bonds is 6. The quantitative estimate of drug-likeness (QED) is 0.853. The monoisotopic (exact) mass is 334 g/mol. The summed E-state index contributed by atoms with van der Waals surface area (Å²) in [6, 6.07) is 14.9. The van der Waals surface area contributed by atoms with E-state index >= 15 is 0 Å². The number of amides is 1. The van der Waals surface area contributed by atoms with Crippen LogP contribution in [0, 0.1) is 6.92 Å². The fourth-order valence-electron chi connectivity index (χ4n) is 2.16. The molecule has 0 bridgehead atoms. The summed E-state index contributed by atoms with van der Waals surface area (Å²) < 4.78 is 5.11. The van der Waals surface area contributed by atoms with Crippen molar-refractivity contribution in [3.8, 4) is 5.75 Å². The first-order valence-electron chi connectivity index (χ1n) is 7.33. The number of benzene rings is 2. The van der Waals surface area contributed by atoms with Gasteiger partial charge in [0.05, 0.1) is 7.11 Å². The van der Waals surface area contributed by atoms with Crippen LogP contribution in [0.5, 0.6) is 5.75 Å². The molecule has 2 aromatic rings. The third-order valence-corrected chi connectivity index (χ3v) is 3.59. The Balaban J connectivity index is 0.00000264. The zero-order valence-corrected chi connectivity index (χ0v) is 14.2. The molecule has 0 aromatic heterocycles. The topological polar surface area (TPSA) is 64.3 Å². The van der Waals surface area contributed by atoms with Crippen LogP contribution in [0.15, 0.2) is 48.5 Å². The van der Waals surface area contributed by atoms with Crippen molar-refractivity contribution >= 4 is 18.3 Å². The van der Waals surface area contributed by atoms with Crippen LogP contribution < -0.4 is 15.8 Å². The Morgan fingerprint density at radius 2 is 1.74 bits per heavy atom. The largest absolute Gasteiger partial charge is 0.497 e. The summed E-state index contributed by atoms with van der Waals surface area (Å²) in [7, 11) is 1.64. The SMILES string of the molecule is COc1ccc(CCNC(=O)C(N)c2ccc(C)cc2)cc1.Cl. The number of aryl methyl sites for hydroxylation is 1. The highest BCUT2D eigenvalue weighted by molar-refractivity contribution is 5.85. The zero-order chi connectivity index (χ0) is 15.9. The lowest BCUT2D eigenvalue weighted by Gasteiger charge is -2.13. The molecule has 0 aliphatic heterocycles. The molecule has 5 heteroatoms. The van der Waals surface area contributed by atoms with Gasteiger partial charge in [0.25, 0.3) is 0 Å². The molecule has 1 amide bonds. The minimum atomic E-state index is -0.628. The fraction of sp³-hybridized carbons (Fsp3) is 0.278. The van der Waals surface area contributed by atoms with Gasteiger partial charge >= 0.3 is 0 Å². The second-order valence-corrected chi connectivity index (χ2v) is 5.28. The molecule has 0 heterocycles. The van der Waals surface area contributed by atoms with Gasteiger partial charge in [-0.25, -0.2) is 0 Å². The van der Waals surface area contributed by atoms with E-state index in [4.69, 9.17) is 10.5 Å². The van der Waals surface area contributed by atoms with Crippen molar-refractivity contribution in [2.75, 3.05) is 13.7 Å². The van der Waals surface area contributed by atoms with Gasteiger partial charge in [-0.1, -0.05) is 42.0 Å². The van der Waals surface area contributed by atoms with Crippen LogP contribution in [0.2, 0.25) is 0 Å². The first kappa shape index (κ1) is 19.0. The fourth-order valence-corrected chi connectivity index (χ4v) is 2.16. The van der Waals surface area contributed by atoms with E-state index in [0.29, 0.717) is 6.54 Å².